The molecule has 0 amide bonds. The van der Waals surface area contributed by atoms with E-state index in [2.05, 4.69) is 62.1 Å². The Balaban J connectivity index is 0.000000151. The van der Waals surface area contributed by atoms with E-state index in [9.17, 15) is 86.3 Å². The first-order valence-electron chi connectivity index (χ1n) is 41.6. The van der Waals surface area contributed by atoms with Gasteiger partial charge in [-0.2, -0.15) is 0 Å². The van der Waals surface area contributed by atoms with Gasteiger partial charge in [0.05, 0.1) is 87.3 Å². The highest BCUT2D eigenvalue weighted by Gasteiger charge is 2.72. The van der Waals surface area contributed by atoms with E-state index in [1.54, 1.807) is 62.3 Å². The van der Waals surface area contributed by atoms with E-state index in [0.29, 0.717) is 91.9 Å². The topological polar surface area (TPSA) is 483 Å². The number of cyclic esters (lactones) is 3. The Hall–Kier alpha value is -11.7. The lowest BCUT2D eigenvalue weighted by Gasteiger charge is -2.32. The van der Waals surface area contributed by atoms with Crippen molar-refractivity contribution >= 4 is 107 Å². The van der Waals surface area contributed by atoms with Crippen LogP contribution in [-0.4, -0.2) is 232 Å². The summed E-state index contributed by atoms with van der Waals surface area (Å²) in [7, 11) is 1.29. The van der Waals surface area contributed by atoms with Crippen LogP contribution in [0, 0.1) is 76.9 Å². The van der Waals surface area contributed by atoms with Crippen LogP contribution in [0.1, 0.15) is 146 Å². The summed E-state index contributed by atoms with van der Waals surface area (Å²) in [6.45, 7) is 45.0. The van der Waals surface area contributed by atoms with Crippen LogP contribution in [0.5, 0.6) is 0 Å². The van der Waals surface area contributed by atoms with Crippen molar-refractivity contribution in [3.63, 3.8) is 0 Å². The number of fused-ring (bicyclic) bond motifs is 6. The number of hydrogen-bond acceptors (Lipinski definition) is 37. The smallest absolute Gasteiger partial charge is 0.347 e. The molecule has 0 aromatic carbocycles. The molecule has 0 N–H and O–H groups in total. The third kappa shape index (κ3) is 21.5. The molecule has 37 heteroatoms. The normalized spacial score (nSPS) is 35.0. The molecule has 10 aliphatic heterocycles. The first kappa shape index (κ1) is 96.6. The molecule has 0 radical (unpaired) electrons. The highest BCUT2D eigenvalue weighted by molar-refractivity contribution is 5.93. The predicted octanol–water partition coefficient (Wildman–Crippen LogP) is 5.79. The molecule has 17 aliphatic rings. The summed E-state index contributed by atoms with van der Waals surface area (Å²) in [5.74, 6) is -8.99. The average Bonchev–Trinajstić information content (AvgIpc) is 1.54. The van der Waals surface area contributed by atoms with Crippen LogP contribution in [0.2, 0.25) is 0 Å². The van der Waals surface area contributed by atoms with Gasteiger partial charge in [-0.1, -0.05) is 52.6 Å². The molecular formula is C89H108O37. The van der Waals surface area contributed by atoms with E-state index >= 15 is 0 Å². The van der Waals surface area contributed by atoms with Crippen molar-refractivity contribution in [3.05, 3.63) is 97.2 Å². The van der Waals surface area contributed by atoms with Gasteiger partial charge in [-0.15, -0.1) is 0 Å². The fourth-order valence-corrected chi connectivity index (χ4v) is 18.6. The minimum Gasteiger partial charge on any atom is -0.469 e. The second kappa shape index (κ2) is 40.3. The molecule has 686 valence electrons. The van der Waals surface area contributed by atoms with E-state index in [1.807, 2.05) is 0 Å². The minimum absolute atomic E-state index is 0.0229. The Bertz CT molecular complexity index is 4450. The van der Waals surface area contributed by atoms with Crippen LogP contribution in [-0.2, 0) is 176 Å². The van der Waals surface area contributed by atoms with Crippen LogP contribution < -0.4 is 0 Å². The zero-order valence-electron chi connectivity index (χ0n) is 72.2. The zero-order valence-corrected chi connectivity index (χ0v) is 72.2. The van der Waals surface area contributed by atoms with Gasteiger partial charge in [-0.25, -0.2) is 43.2 Å². The maximum absolute atomic E-state index is 12.1. The third-order valence-corrected chi connectivity index (χ3v) is 24.7. The molecule has 7 saturated carbocycles. The number of carbonyl (C=O) groups is 18. The standard InChI is InChI=1S/C15H18O6.C14H16O6.C12H14O4.C11H12O5.C11H14O4.C10H14O4.2C8H10O4/c1-4-19-14(17)9-7-5-8-10(9)15(18)21-12(8)11(7)20-13(16)6(2)3;1-5(2)12(15)19-10-6-4-7-9(8(6)13(16)18-3)14(17)20-11(7)10;1-5(2)11(13)15-9-6-3-7-8(4-6)12(14)16-10(7)9;1-4(2)10(12)15-8-6-3-5-7(14-6)9(8)16-11(5)13;1-6(2)10(12)14-8-4-3-7-5-9(8)15-11(7)13;1-7(2)9(12)14-10(3)4-5-13-8(11)6-10;1-5(2)8(10)12-6-3-7(9)11-4-6;1-5(2)7(9)12-6-3-4-11-8(6)10/h7-12H,2,4-5H2,1,3H3;6-11H,1,4H2,2-3H3;6-10H,1,3-4H2,2H3;5-9H,1,3H2,2H3;7-9H,1,3-5H2,2H3;1,4-6H2,2-3H3;2*6H,1,3-4H2,2H3. The fourth-order valence-electron chi connectivity index (χ4n) is 18.6. The van der Waals surface area contributed by atoms with Crippen molar-refractivity contribution in [2.45, 2.75) is 237 Å². The molecule has 7 aliphatic carbocycles. The molecule has 10 heterocycles. The Morgan fingerprint density at radius 2 is 0.881 bits per heavy atom. The van der Waals surface area contributed by atoms with Crippen LogP contribution in [0.3, 0.4) is 0 Å². The van der Waals surface area contributed by atoms with Gasteiger partial charge in [0.2, 0.25) is 6.10 Å². The van der Waals surface area contributed by atoms with Crippen LogP contribution >= 0.6 is 0 Å². The molecule has 37 nitrogen and oxygen atoms in total. The number of carbonyl (C=O) groups excluding carboxylic acids is 18. The number of esters is 18. The number of hydrogen-bond donors (Lipinski definition) is 0. The zero-order chi connectivity index (χ0) is 92.8. The number of methoxy groups -OCH3 is 1. The molecule has 0 aromatic rings. The van der Waals surface area contributed by atoms with Crippen molar-refractivity contribution in [1.82, 2.24) is 0 Å². The summed E-state index contributed by atoms with van der Waals surface area (Å²) in [5.41, 5.74) is 1.89. The summed E-state index contributed by atoms with van der Waals surface area (Å²) in [5, 5.41) is 0. The Labute approximate surface area is 725 Å². The third-order valence-electron chi connectivity index (χ3n) is 24.7. The molecule has 17 fully saturated rings. The highest BCUT2D eigenvalue weighted by Crippen LogP contribution is 2.61. The second-order valence-electron chi connectivity index (χ2n) is 34.5. The lowest BCUT2D eigenvalue weighted by molar-refractivity contribution is -0.172. The molecule has 0 aromatic heterocycles. The molecule has 17 rings (SSSR count). The molecular weight excluding hydrogens is 1660 g/mol. The van der Waals surface area contributed by atoms with Crippen molar-refractivity contribution in [2.75, 3.05) is 33.5 Å². The quantitative estimate of drug-likeness (QED) is 0.0839. The maximum atomic E-state index is 12.1. The lowest BCUT2D eigenvalue weighted by atomic mass is 9.78. The summed E-state index contributed by atoms with van der Waals surface area (Å²) >= 11 is 0. The van der Waals surface area contributed by atoms with E-state index in [4.69, 9.17) is 80.5 Å². The van der Waals surface area contributed by atoms with Crippen LogP contribution in [0.25, 0.3) is 0 Å². The molecule has 10 saturated heterocycles. The first-order chi connectivity index (χ1) is 59.3. The van der Waals surface area contributed by atoms with Gasteiger partial charge in [-0.05, 0) is 114 Å². The van der Waals surface area contributed by atoms with Gasteiger partial charge in [-0.3, -0.25) is 43.2 Å². The summed E-state index contributed by atoms with van der Waals surface area (Å²) in [4.78, 5) is 205. The number of rotatable bonds is 19. The van der Waals surface area contributed by atoms with Gasteiger partial charge < -0.3 is 90.0 Å². The van der Waals surface area contributed by atoms with Crippen molar-refractivity contribution < 1.29 is 176 Å². The Morgan fingerprint density at radius 1 is 0.405 bits per heavy atom. The second-order valence-corrected chi connectivity index (χ2v) is 34.5. The summed E-state index contributed by atoms with van der Waals surface area (Å²) in [6, 6.07) is 0. The van der Waals surface area contributed by atoms with Gasteiger partial charge >= 0.3 is 107 Å². The first-order valence-corrected chi connectivity index (χ1v) is 41.6. The van der Waals surface area contributed by atoms with E-state index in [-0.39, 0.29) is 174 Å². The van der Waals surface area contributed by atoms with Crippen LogP contribution in [0.15, 0.2) is 97.2 Å². The van der Waals surface area contributed by atoms with Crippen LogP contribution in [0.4, 0.5) is 0 Å². The molecule has 28 unspecified atom stereocenters. The van der Waals surface area contributed by atoms with Crippen molar-refractivity contribution in [2.24, 2.45) is 76.9 Å². The molecule has 10 bridgehead atoms. The Kier molecular flexibility index (Phi) is 30.9. The predicted molar refractivity (Wildman–Crippen MR) is 423 cm³/mol. The molecule has 126 heavy (non-hydrogen) atoms. The van der Waals surface area contributed by atoms with Crippen molar-refractivity contribution in [3.8, 4) is 0 Å². The maximum Gasteiger partial charge on any atom is 0.347 e. The summed E-state index contributed by atoms with van der Waals surface area (Å²) in [6.07, 6.45) is 1.65. The average molecular weight is 1770 g/mol. The fraction of sp³-hybridized carbons (Fsp3) is 0.618. The molecule has 0 spiro atoms. The van der Waals surface area contributed by atoms with Crippen molar-refractivity contribution in [1.29, 1.82) is 0 Å². The number of ether oxygens (including phenoxy) is 19. The largest absolute Gasteiger partial charge is 0.469 e. The highest BCUT2D eigenvalue weighted by atomic mass is 16.7. The summed E-state index contributed by atoms with van der Waals surface area (Å²) < 4.78 is 97.0. The lowest BCUT2D eigenvalue weighted by Crippen LogP contribution is -2.43. The minimum atomic E-state index is -0.731. The van der Waals surface area contributed by atoms with Gasteiger partial charge in [0.1, 0.15) is 73.2 Å². The Morgan fingerprint density at radius 3 is 1.37 bits per heavy atom. The van der Waals surface area contributed by atoms with E-state index in [0.717, 1.165) is 19.3 Å². The van der Waals surface area contributed by atoms with Gasteiger partial charge in [0.25, 0.3) is 0 Å². The monoisotopic (exact) mass is 1770 g/mol. The SMILES string of the molecule is C=C(C)C(=O)OC1(C)CCOC(=O)C1.C=C(C)C(=O)OC1C2CC3C(=O)OC1C3C2.C=C(C)C(=O)OC1C2CC3C(=O)OC1C3O2.C=C(C)C(=O)OC1C2CC3C1OC(=O)C3C2C(=O)OC.C=C(C)C(=O)OC1C2CC3C1OC(=O)C3C2C(=O)OCC.C=C(C)C(=O)OC1CCC2CC1OC2=O.C=C(C)C(=O)OC1CCOC1=O.C=C(C)C(=O)OC1COC(=O)C1. The molecule has 28 atom stereocenters. The van der Waals surface area contributed by atoms with Gasteiger partial charge in [0, 0.05) is 99.4 Å². The van der Waals surface area contributed by atoms with E-state index < -0.39 is 138 Å². The van der Waals surface area contributed by atoms with E-state index in [1.165, 1.54) is 14.0 Å². The van der Waals surface area contributed by atoms with Gasteiger partial charge in [0.15, 0.2) is 12.2 Å².